The van der Waals surface area contributed by atoms with Crippen LogP contribution < -0.4 is 5.32 Å². The van der Waals surface area contributed by atoms with Crippen molar-refractivity contribution >= 4 is 5.91 Å². The van der Waals surface area contributed by atoms with Crippen LogP contribution in [0.5, 0.6) is 0 Å². The number of amides is 1. The predicted molar refractivity (Wildman–Crippen MR) is 99.6 cm³/mol. The van der Waals surface area contributed by atoms with Gasteiger partial charge in [0.2, 0.25) is 5.91 Å². The lowest BCUT2D eigenvalue weighted by atomic mass is 9.75. The molecule has 0 unspecified atom stereocenters. The van der Waals surface area contributed by atoms with E-state index in [1.165, 1.54) is 0 Å². The van der Waals surface area contributed by atoms with Gasteiger partial charge < -0.3 is 10.4 Å². The summed E-state index contributed by atoms with van der Waals surface area (Å²) >= 11 is 0. The Morgan fingerprint density at radius 3 is 2.62 bits per heavy atom. The van der Waals surface area contributed by atoms with Gasteiger partial charge in [-0.05, 0) is 68.7 Å². The SMILES string of the molecule is Cc1nn(C)c(C)c1CCC(=O)N[C@@H](Cc1ccncc1)C1CC(O)C1. The van der Waals surface area contributed by atoms with Crippen molar-refractivity contribution < 1.29 is 9.90 Å². The summed E-state index contributed by atoms with van der Waals surface area (Å²) in [5.74, 6) is 0.400. The lowest BCUT2D eigenvalue weighted by molar-refractivity contribution is -0.122. The molecule has 3 rings (SSSR count). The van der Waals surface area contributed by atoms with Gasteiger partial charge in [-0.25, -0.2) is 0 Å². The van der Waals surface area contributed by atoms with Crippen molar-refractivity contribution in [3.8, 4) is 0 Å². The van der Waals surface area contributed by atoms with Crippen LogP contribution in [-0.2, 0) is 24.7 Å². The van der Waals surface area contributed by atoms with Gasteiger partial charge >= 0.3 is 0 Å². The van der Waals surface area contributed by atoms with Crippen molar-refractivity contribution in [1.82, 2.24) is 20.1 Å². The number of hydrogen-bond acceptors (Lipinski definition) is 4. The Labute approximate surface area is 154 Å². The molecular formula is C20H28N4O2. The van der Waals surface area contributed by atoms with Crippen LogP contribution in [0.3, 0.4) is 0 Å². The van der Waals surface area contributed by atoms with E-state index in [-0.39, 0.29) is 18.1 Å². The van der Waals surface area contributed by atoms with Crippen LogP contribution in [-0.4, -0.2) is 37.9 Å². The molecule has 2 aromatic heterocycles. The predicted octanol–water partition coefficient (Wildman–Crippen LogP) is 1.86. The number of aliphatic hydroxyl groups is 1. The van der Waals surface area contributed by atoms with Crippen molar-refractivity contribution in [2.45, 2.75) is 58.1 Å². The summed E-state index contributed by atoms with van der Waals surface area (Å²) in [6.45, 7) is 4.03. The minimum atomic E-state index is -0.225. The molecule has 6 nitrogen and oxygen atoms in total. The molecule has 140 valence electrons. The Bertz CT molecular complexity index is 751. The molecule has 1 saturated carbocycles. The fraction of sp³-hybridized carbons (Fsp3) is 0.550. The molecule has 1 fully saturated rings. The summed E-state index contributed by atoms with van der Waals surface area (Å²) < 4.78 is 1.87. The van der Waals surface area contributed by atoms with Crippen LogP contribution in [0.25, 0.3) is 0 Å². The summed E-state index contributed by atoms with van der Waals surface area (Å²) in [6.07, 6.45) is 6.78. The van der Waals surface area contributed by atoms with E-state index >= 15 is 0 Å². The second kappa shape index (κ2) is 7.99. The standard InChI is InChI=1S/C20H28N4O2/c1-13-18(14(2)24(3)23-13)4-5-20(26)22-19(16-11-17(25)12-16)10-15-6-8-21-9-7-15/h6-9,16-17,19,25H,4-5,10-12H2,1-3H3,(H,22,26)/t16?,17?,19-/m0/s1. The average Bonchev–Trinajstić information content (AvgIpc) is 2.83. The molecule has 1 amide bonds. The number of pyridine rings is 1. The van der Waals surface area contributed by atoms with Gasteiger partial charge in [0.1, 0.15) is 0 Å². The number of aryl methyl sites for hydroxylation is 2. The molecule has 0 bridgehead atoms. The fourth-order valence-electron chi connectivity index (χ4n) is 3.76. The monoisotopic (exact) mass is 356 g/mol. The van der Waals surface area contributed by atoms with Crippen LogP contribution in [0.4, 0.5) is 0 Å². The lowest BCUT2D eigenvalue weighted by Crippen LogP contribution is -2.48. The molecule has 1 aliphatic rings. The van der Waals surface area contributed by atoms with Gasteiger partial charge in [-0.1, -0.05) is 0 Å². The summed E-state index contributed by atoms with van der Waals surface area (Å²) in [4.78, 5) is 16.6. The van der Waals surface area contributed by atoms with Gasteiger partial charge in [0.05, 0.1) is 11.8 Å². The highest BCUT2D eigenvalue weighted by atomic mass is 16.3. The molecule has 2 N–H and O–H groups in total. The first-order chi connectivity index (χ1) is 12.4. The number of nitrogens with one attached hydrogen (secondary N) is 1. The van der Waals surface area contributed by atoms with E-state index in [1.54, 1.807) is 12.4 Å². The van der Waals surface area contributed by atoms with Crippen LogP contribution in [0.1, 0.15) is 41.8 Å². The lowest BCUT2D eigenvalue weighted by Gasteiger charge is -2.38. The van der Waals surface area contributed by atoms with E-state index < -0.39 is 0 Å². The smallest absolute Gasteiger partial charge is 0.220 e. The first-order valence-corrected chi connectivity index (χ1v) is 9.29. The van der Waals surface area contributed by atoms with Crippen molar-refractivity contribution in [1.29, 1.82) is 0 Å². The molecule has 0 aliphatic heterocycles. The Hall–Kier alpha value is -2.21. The summed E-state index contributed by atoms with van der Waals surface area (Å²) in [7, 11) is 1.93. The molecule has 1 atom stereocenters. The highest BCUT2D eigenvalue weighted by Gasteiger charge is 2.34. The number of carbonyl (C=O) groups is 1. The summed E-state index contributed by atoms with van der Waals surface area (Å²) in [5, 5.41) is 17.3. The Morgan fingerprint density at radius 2 is 2.04 bits per heavy atom. The Kier molecular flexibility index (Phi) is 5.71. The number of rotatable bonds is 7. The van der Waals surface area contributed by atoms with Gasteiger partial charge in [-0.2, -0.15) is 5.10 Å². The van der Waals surface area contributed by atoms with E-state index in [9.17, 15) is 9.90 Å². The highest BCUT2D eigenvalue weighted by molar-refractivity contribution is 5.76. The Balaban J connectivity index is 1.59. The first-order valence-electron chi connectivity index (χ1n) is 9.29. The molecule has 6 heteroatoms. The fourth-order valence-corrected chi connectivity index (χ4v) is 3.76. The van der Waals surface area contributed by atoms with E-state index in [0.29, 0.717) is 18.8 Å². The molecule has 0 aromatic carbocycles. The second-order valence-corrected chi connectivity index (χ2v) is 7.39. The molecule has 0 saturated heterocycles. The molecule has 26 heavy (non-hydrogen) atoms. The zero-order chi connectivity index (χ0) is 18.7. The van der Waals surface area contributed by atoms with E-state index in [0.717, 1.165) is 41.8 Å². The topological polar surface area (TPSA) is 80.0 Å². The molecule has 1 aliphatic carbocycles. The number of hydrogen-bond donors (Lipinski definition) is 2. The summed E-state index contributed by atoms with van der Waals surface area (Å²) in [6, 6.07) is 4.03. The van der Waals surface area contributed by atoms with E-state index in [4.69, 9.17) is 0 Å². The van der Waals surface area contributed by atoms with Crippen LogP contribution in [0.15, 0.2) is 24.5 Å². The molecular weight excluding hydrogens is 328 g/mol. The molecule has 2 aromatic rings. The summed E-state index contributed by atoms with van der Waals surface area (Å²) in [5.41, 5.74) is 4.43. The zero-order valence-electron chi connectivity index (χ0n) is 15.8. The first kappa shape index (κ1) is 18.6. The Morgan fingerprint density at radius 1 is 1.35 bits per heavy atom. The third-order valence-corrected chi connectivity index (χ3v) is 5.53. The largest absolute Gasteiger partial charge is 0.393 e. The van der Waals surface area contributed by atoms with E-state index in [1.807, 2.05) is 37.7 Å². The maximum atomic E-state index is 12.6. The van der Waals surface area contributed by atoms with Crippen molar-refractivity contribution in [3.05, 3.63) is 47.0 Å². The van der Waals surface area contributed by atoms with Crippen molar-refractivity contribution in [3.63, 3.8) is 0 Å². The minimum absolute atomic E-state index is 0.0596. The number of aliphatic hydroxyl groups excluding tert-OH is 1. The van der Waals surface area contributed by atoms with E-state index in [2.05, 4.69) is 15.4 Å². The molecule has 0 radical (unpaired) electrons. The number of carbonyl (C=O) groups excluding carboxylic acids is 1. The second-order valence-electron chi connectivity index (χ2n) is 7.39. The minimum Gasteiger partial charge on any atom is -0.393 e. The van der Waals surface area contributed by atoms with Gasteiger partial charge in [-0.3, -0.25) is 14.5 Å². The number of nitrogens with zero attached hydrogens (tertiary/aromatic N) is 3. The number of aromatic nitrogens is 3. The third-order valence-electron chi connectivity index (χ3n) is 5.53. The average molecular weight is 356 g/mol. The molecule has 2 heterocycles. The van der Waals surface area contributed by atoms with Crippen LogP contribution in [0.2, 0.25) is 0 Å². The van der Waals surface area contributed by atoms with Crippen molar-refractivity contribution in [2.24, 2.45) is 13.0 Å². The maximum Gasteiger partial charge on any atom is 0.220 e. The van der Waals surface area contributed by atoms with Gasteiger partial charge in [0, 0.05) is 37.6 Å². The van der Waals surface area contributed by atoms with Crippen molar-refractivity contribution in [2.75, 3.05) is 0 Å². The van der Waals surface area contributed by atoms with Gasteiger partial charge in [0.15, 0.2) is 0 Å². The maximum absolute atomic E-state index is 12.6. The van der Waals surface area contributed by atoms with Gasteiger partial charge in [-0.15, -0.1) is 0 Å². The third kappa shape index (κ3) is 4.30. The van der Waals surface area contributed by atoms with Crippen LogP contribution >= 0.6 is 0 Å². The quantitative estimate of drug-likeness (QED) is 0.794. The zero-order valence-corrected chi connectivity index (χ0v) is 15.8. The highest BCUT2D eigenvalue weighted by Crippen LogP contribution is 2.31. The normalized spacial score (nSPS) is 20.5. The van der Waals surface area contributed by atoms with Gasteiger partial charge in [0.25, 0.3) is 0 Å². The molecule has 0 spiro atoms. The van der Waals surface area contributed by atoms with Crippen LogP contribution in [0, 0.1) is 19.8 Å².